The number of nitrogens with two attached hydrogens (primary N) is 1. The average Bonchev–Trinajstić information content (AvgIpc) is 2.37. The molecule has 0 amide bonds. The van der Waals surface area contributed by atoms with E-state index in [-0.39, 0.29) is 0 Å². The zero-order valence-corrected chi connectivity index (χ0v) is 13.3. The SMILES string of the molecule is CCCC(CCN)CCCN(CC)CC(C)CC. The van der Waals surface area contributed by atoms with Gasteiger partial charge in [0, 0.05) is 6.54 Å². The van der Waals surface area contributed by atoms with E-state index >= 15 is 0 Å². The predicted molar refractivity (Wildman–Crippen MR) is 82.9 cm³/mol. The summed E-state index contributed by atoms with van der Waals surface area (Å²) in [5.74, 6) is 1.70. The number of rotatable bonds is 12. The van der Waals surface area contributed by atoms with E-state index in [1.165, 1.54) is 58.2 Å². The van der Waals surface area contributed by atoms with Crippen LogP contribution in [-0.2, 0) is 0 Å². The largest absolute Gasteiger partial charge is 0.330 e. The topological polar surface area (TPSA) is 29.3 Å². The van der Waals surface area contributed by atoms with Crippen LogP contribution in [0.15, 0.2) is 0 Å². The Morgan fingerprint density at radius 3 is 2.28 bits per heavy atom. The van der Waals surface area contributed by atoms with Crippen LogP contribution in [0.2, 0.25) is 0 Å². The van der Waals surface area contributed by atoms with Crippen molar-refractivity contribution >= 4 is 0 Å². The lowest BCUT2D eigenvalue weighted by Crippen LogP contribution is -2.29. The minimum atomic E-state index is 0.834. The van der Waals surface area contributed by atoms with E-state index < -0.39 is 0 Å². The van der Waals surface area contributed by atoms with Crippen molar-refractivity contribution in [2.75, 3.05) is 26.2 Å². The molecule has 0 aliphatic carbocycles. The fraction of sp³-hybridized carbons (Fsp3) is 1.00. The smallest absolute Gasteiger partial charge is 0.000680 e. The molecule has 0 aromatic heterocycles. The highest BCUT2D eigenvalue weighted by molar-refractivity contribution is 4.64. The Balaban J connectivity index is 3.82. The first-order valence-corrected chi connectivity index (χ1v) is 8.10. The molecule has 0 heterocycles. The number of hydrogen-bond acceptors (Lipinski definition) is 2. The van der Waals surface area contributed by atoms with Crippen LogP contribution >= 0.6 is 0 Å². The molecule has 0 fully saturated rings. The molecule has 0 saturated carbocycles. The summed E-state index contributed by atoms with van der Waals surface area (Å²) in [5, 5.41) is 0. The molecule has 2 nitrogen and oxygen atoms in total. The van der Waals surface area contributed by atoms with Crippen molar-refractivity contribution in [3.05, 3.63) is 0 Å². The third kappa shape index (κ3) is 8.93. The van der Waals surface area contributed by atoms with Crippen LogP contribution in [0.5, 0.6) is 0 Å². The molecule has 2 N–H and O–H groups in total. The highest BCUT2D eigenvalue weighted by atomic mass is 15.1. The zero-order valence-electron chi connectivity index (χ0n) is 13.3. The Labute approximate surface area is 115 Å². The highest BCUT2D eigenvalue weighted by Crippen LogP contribution is 2.17. The van der Waals surface area contributed by atoms with Crippen molar-refractivity contribution in [3.8, 4) is 0 Å². The first-order chi connectivity index (χ1) is 8.67. The summed E-state index contributed by atoms with van der Waals surface area (Å²) in [7, 11) is 0. The van der Waals surface area contributed by atoms with Crippen LogP contribution in [0, 0.1) is 11.8 Å². The van der Waals surface area contributed by atoms with E-state index in [0.717, 1.165) is 18.4 Å². The Morgan fingerprint density at radius 1 is 1.06 bits per heavy atom. The molecule has 0 aromatic carbocycles. The van der Waals surface area contributed by atoms with Crippen LogP contribution in [0.4, 0.5) is 0 Å². The van der Waals surface area contributed by atoms with Crippen LogP contribution < -0.4 is 5.73 Å². The van der Waals surface area contributed by atoms with Crippen molar-refractivity contribution in [3.63, 3.8) is 0 Å². The summed E-state index contributed by atoms with van der Waals surface area (Å²) < 4.78 is 0. The van der Waals surface area contributed by atoms with E-state index in [1.807, 2.05) is 0 Å². The minimum absolute atomic E-state index is 0.834. The molecule has 0 aliphatic heterocycles. The third-order valence-corrected chi connectivity index (χ3v) is 4.07. The molecule has 0 saturated heterocycles. The van der Waals surface area contributed by atoms with Gasteiger partial charge in [0.25, 0.3) is 0 Å². The van der Waals surface area contributed by atoms with Gasteiger partial charge in [0.2, 0.25) is 0 Å². The second kappa shape index (κ2) is 12.0. The van der Waals surface area contributed by atoms with Gasteiger partial charge < -0.3 is 10.6 Å². The molecule has 2 unspecified atom stereocenters. The fourth-order valence-corrected chi connectivity index (χ4v) is 2.63. The van der Waals surface area contributed by atoms with Crippen LogP contribution in [0.1, 0.15) is 66.2 Å². The van der Waals surface area contributed by atoms with Gasteiger partial charge in [-0.05, 0) is 50.7 Å². The summed E-state index contributed by atoms with van der Waals surface area (Å²) in [6.45, 7) is 13.8. The Hall–Kier alpha value is -0.0800. The first kappa shape index (κ1) is 17.9. The Bertz CT molecular complexity index is 164. The Kier molecular flexibility index (Phi) is 11.9. The standard InChI is InChI=1S/C16H36N2/c1-5-9-16(11-12-17)10-8-13-18(7-3)14-15(4)6-2/h15-16H,5-14,17H2,1-4H3. The first-order valence-electron chi connectivity index (χ1n) is 8.10. The van der Waals surface area contributed by atoms with Gasteiger partial charge in [-0.3, -0.25) is 0 Å². The lowest BCUT2D eigenvalue weighted by Gasteiger charge is -2.24. The molecule has 2 heteroatoms. The van der Waals surface area contributed by atoms with Gasteiger partial charge in [-0.1, -0.05) is 47.0 Å². The van der Waals surface area contributed by atoms with Crippen molar-refractivity contribution in [2.45, 2.75) is 66.2 Å². The maximum Gasteiger partial charge on any atom is 0.000680 e. The van der Waals surface area contributed by atoms with Gasteiger partial charge in [0.05, 0.1) is 0 Å². The van der Waals surface area contributed by atoms with Gasteiger partial charge in [0.1, 0.15) is 0 Å². The molecular formula is C16H36N2. The van der Waals surface area contributed by atoms with Gasteiger partial charge in [0.15, 0.2) is 0 Å². The highest BCUT2D eigenvalue weighted by Gasteiger charge is 2.10. The maximum absolute atomic E-state index is 5.69. The molecule has 18 heavy (non-hydrogen) atoms. The van der Waals surface area contributed by atoms with Crippen LogP contribution in [0.25, 0.3) is 0 Å². The number of nitrogens with zero attached hydrogens (tertiary/aromatic N) is 1. The number of hydrogen-bond donors (Lipinski definition) is 1. The summed E-state index contributed by atoms with van der Waals surface area (Å²) in [6, 6.07) is 0. The zero-order chi connectivity index (χ0) is 13.8. The third-order valence-electron chi connectivity index (χ3n) is 4.07. The summed E-state index contributed by atoms with van der Waals surface area (Å²) in [6.07, 6.45) is 7.87. The van der Waals surface area contributed by atoms with Gasteiger partial charge in [-0.15, -0.1) is 0 Å². The van der Waals surface area contributed by atoms with E-state index in [0.29, 0.717) is 0 Å². The quantitative estimate of drug-likeness (QED) is 0.574. The molecule has 0 rings (SSSR count). The summed E-state index contributed by atoms with van der Waals surface area (Å²) in [4.78, 5) is 2.61. The Morgan fingerprint density at radius 2 is 1.78 bits per heavy atom. The van der Waals surface area contributed by atoms with E-state index in [4.69, 9.17) is 5.73 Å². The lowest BCUT2D eigenvalue weighted by molar-refractivity contribution is 0.233. The molecule has 0 aromatic rings. The van der Waals surface area contributed by atoms with Crippen LogP contribution in [-0.4, -0.2) is 31.1 Å². The van der Waals surface area contributed by atoms with Crippen molar-refractivity contribution < 1.29 is 0 Å². The summed E-state index contributed by atoms with van der Waals surface area (Å²) >= 11 is 0. The second-order valence-electron chi connectivity index (χ2n) is 5.78. The molecule has 0 radical (unpaired) electrons. The fourth-order valence-electron chi connectivity index (χ4n) is 2.63. The minimum Gasteiger partial charge on any atom is -0.330 e. The van der Waals surface area contributed by atoms with Crippen molar-refractivity contribution in [1.82, 2.24) is 4.90 Å². The van der Waals surface area contributed by atoms with Crippen LogP contribution in [0.3, 0.4) is 0 Å². The molecular weight excluding hydrogens is 220 g/mol. The van der Waals surface area contributed by atoms with Crippen molar-refractivity contribution in [1.29, 1.82) is 0 Å². The normalized spacial score (nSPS) is 15.0. The van der Waals surface area contributed by atoms with Gasteiger partial charge in [-0.25, -0.2) is 0 Å². The van der Waals surface area contributed by atoms with E-state index in [2.05, 4.69) is 32.6 Å². The van der Waals surface area contributed by atoms with E-state index in [9.17, 15) is 0 Å². The molecule has 0 spiro atoms. The lowest BCUT2D eigenvalue weighted by atomic mass is 9.94. The van der Waals surface area contributed by atoms with Crippen molar-refractivity contribution in [2.24, 2.45) is 17.6 Å². The molecule has 0 aliphatic rings. The van der Waals surface area contributed by atoms with Gasteiger partial charge >= 0.3 is 0 Å². The molecule has 0 bridgehead atoms. The molecule has 2 atom stereocenters. The van der Waals surface area contributed by atoms with Gasteiger partial charge in [-0.2, -0.15) is 0 Å². The maximum atomic E-state index is 5.69. The monoisotopic (exact) mass is 256 g/mol. The average molecular weight is 256 g/mol. The predicted octanol–water partition coefficient (Wildman–Crippen LogP) is 3.90. The molecule has 110 valence electrons. The van der Waals surface area contributed by atoms with E-state index in [1.54, 1.807) is 0 Å². The summed E-state index contributed by atoms with van der Waals surface area (Å²) in [5.41, 5.74) is 5.69. The second-order valence-corrected chi connectivity index (χ2v) is 5.78.